The fourth-order valence-electron chi connectivity index (χ4n) is 2.61. The molecule has 0 aromatic heterocycles. The highest BCUT2D eigenvalue weighted by Gasteiger charge is 2.25. The Hall–Kier alpha value is -0.380. The summed E-state index contributed by atoms with van der Waals surface area (Å²) in [6.45, 7) is 8.07. The molecule has 2 rings (SSSR count). The summed E-state index contributed by atoms with van der Waals surface area (Å²) >= 11 is 3.49. The van der Waals surface area contributed by atoms with Gasteiger partial charge in [0.2, 0.25) is 0 Å². The Morgan fingerprint density at radius 2 is 2.11 bits per heavy atom. The first-order valence-corrected chi connectivity index (χ1v) is 7.73. The SMILES string of the molecule is CCCNC1CCN(C(C)c2ccc(Br)cc2)C1. The zero-order valence-corrected chi connectivity index (χ0v) is 12.9. The molecule has 1 aromatic rings. The molecule has 18 heavy (non-hydrogen) atoms. The maximum Gasteiger partial charge on any atom is 0.0320 e. The molecule has 0 bridgehead atoms. The van der Waals surface area contributed by atoms with Gasteiger partial charge in [-0.15, -0.1) is 0 Å². The van der Waals surface area contributed by atoms with Crippen molar-refractivity contribution in [3.05, 3.63) is 34.3 Å². The van der Waals surface area contributed by atoms with E-state index in [1.807, 2.05) is 0 Å². The molecule has 0 amide bonds. The van der Waals surface area contributed by atoms with Gasteiger partial charge in [-0.3, -0.25) is 4.90 Å². The van der Waals surface area contributed by atoms with E-state index in [1.165, 1.54) is 31.5 Å². The highest BCUT2D eigenvalue weighted by atomic mass is 79.9. The molecule has 1 aliphatic rings. The van der Waals surface area contributed by atoms with E-state index < -0.39 is 0 Å². The highest BCUT2D eigenvalue weighted by molar-refractivity contribution is 9.10. The van der Waals surface area contributed by atoms with Crippen molar-refractivity contribution in [3.8, 4) is 0 Å². The average Bonchev–Trinajstić information content (AvgIpc) is 2.85. The number of hydrogen-bond acceptors (Lipinski definition) is 2. The van der Waals surface area contributed by atoms with Gasteiger partial charge in [0.25, 0.3) is 0 Å². The number of likely N-dealkylation sites (tertiary alicyclic amines) is 1. The van der Waals surface area contributed by atoms with Crippen LogP contribution in [0.2, 0.25) is 0 Å². The van der Waals surface area contributed by atoms with Crippen LogP contribution in [-0.2, 0) is 0 Å². The highest BCUT2D eigenvalue weighted by Crippen LogP contribution is 2.25. The van der Waals surface area contributed by atoms with Gasteiger partial charge in [0.05, 0.1) is 0 Å². The molecule has 1 saturated heterocycles. The maximum atomic E-state index is 3.63. The molecule has 0 aliphatic carbocycles. The van der Waals surface area contributed by atoms with Crippen LogP contribution in [0.15, 0.2) is 28.7 Å². The van der Waals surface area contributed by atoms with Crippen molar-refractivity contribution in [3.63, 3.8) is 0 Å². The molecular formula is C15H23BrN2. The molecule has 2 nitrogen and oxygen atoms in total. The minimum Gasteiger partial charge on any atom is -0.313 e. The van der Waals surface area contributed by atoms with Gasteiger partial charge in [0.15, 0.2) is 0 Å². The predicted molar refractivity (Wildman–Crippen MR) is 80.8 cm³/mol. The Bertz CT molecular complexity index is 363. The lowest BCUT2D eigenvalue weighted by Gasteiger charge is -2.25. The molecule has 2 unspecified atom stereocenters. The van der Waals surface area contributed by atoms with Crippen molar-refractivity contribution < 1.29 is 0 Å². The number of nitrogens with zero attached hydrogens (tertiary/aromatic N) is 1. The molecule has 100 valence electrons. The monoisotopic (exact) mass is 310 g/mol. The van der Waals surface area contributed by atoms with E-state index in [-0.39, 0.29) is 0 Å². The van der Waals surface area contributed by atoms with Crippen LogP contribution in [0.5, 0.6) is 0 Å². The van der Waals surface area contributed by atoms with E-state index in [4.69, 9.17) is 0 Å². The van der Waals surface area contributed by atoms with E-state index in [2.05, 4.69) is 64.3 Å². The number of nitrogens with one attached hydrogen (secondary N) is 1. The van der Waals surface area contributed by atoms with Crippen LogP contribution in [0.3, 0.4) is 0 Å². The van der Waals surface area contributed by atoms with Gasteiger partial charge in [-0.2, -0.15) is 0 Å². The molecule has 1 aliphatic heterocycles. The minimum atomic E-state index is 0.520. The molecule has 2 atom stereocenters. The molecule has 1 aromatic carbocycles. The fourth-order valence-corrected chi connectivity index (χ4v) is 2.87. The van der Waals surface area contributed by atoms with Crippen molar-refractivity contribution in [2.75, 3.05) is 19.6 Å². The number of rotatable bonds is 5. The topological polar surface area (TPSA) is 15.3 Å². The fraction of sp³-hybridized carbons (Fsp3) is 0.600. The standard InChI is InChI=1S/C15H23BrN2/c1-3-9-17-15-8-10-18(11-15)12(2)13-4-6-14(16)7-5-13/h4-7,12,15,17H,3,8-11H2,1-2H3. The van der Waals surface area contributed by atoms with Gasteiger partial charge in [0, 0.05) is 29.6 Å². The van der Waals surface area contributed by atoms with Crippen molar-refractivity contribution in [2.24, 2.45) is 0 Å². The van der Waals surface area contributed by atoms with Gasteiger partial charge < -0.3 is 5.32 Å². The number of hydrogen-bond donors (Lipinski definition) is 1. The zero-order valence-electron chi connectivity index (χ0n) is 11.3. The van der Waals surface area contributed by atoms with Crippen LogP contribution >= 0.6 is 15.9 Å². The van der Waals surface area contributed by atoms with E-state index in [1.54, 1.807) is 0 Å². The molecule has 0 spiro atoms. The second-order valence-corrected chi connectivity index (χ2v) is 6.08. The first-order chi connectivity index (χ1) is 8.70. The Labute approximate surface area is 119 Å². The molecular weight excluding hydrogens is 288 g/mol. The summed E-state index contributed by atoms with van der Waals surface area (Å²) in [7, 11) is 0. The summed E-state index contributed by atoms with van der Waals surface area (Å²) in [6, 6.07) is 9.92. The summed E-state index contributed by atoms with van der Waals surface area (Å²) in [5, 5.41) is 3.63. The van der Waals surface area contributed by atoms with Gasteiger partial charge in [-0.25, -0.2) is 0 Å². The van der Waals surface area contributed by atoms with Gasteiger partial charge in [-0.05, 0) is 44.0 Å². The second kappa shape index (κ2) is 6.69. The van der Waals surface area contributed by atoms with E-state index >= 15 is 0 Å². The third-order valence-electron chi connectivity index (χ3n) is 3.80. The molecule has 3 heteroatoms. The predicted octanol–water partition coefficient (Wildman–Crippen LogP) is 3.58. The van der Waals surface area contributed by atoms with E-state index in [0.717, 1.165) is 11.0 Å². The first-order valence-electron chi connectivity index (χ1n) is 6.93. The summed E-state index contributed by atoms with van der Waals surface area (Å²) in [4.78, 5) is 2.58. The van der Waals surface area contributed by atoms with E-state index in [9.17, 15) is 0 Å². The van der Waals surface area contributed by atoms with Crippen LogP contribution < -0.4 is 5.32 Å². The van der Waals surface area contributed by atoms with Crippen LogP contribution in [0, 0.1) is 0 Å². The number of halogens is 1. The van der Waals surface area contributed by atoms with Crippen LogP contribution in [0.1, 0.15) is 38.3 Å². The quantitative estimate of drug-likeness (QED) is 0.894. The van der Waals surface area contributed by atoms with Gasteiger partial charge >= 0.3 is 0 Å². The van der Waals surface area contributed by atoms with Crippen LogP contribution in [-0.4, -0.2) is 30.6 Å². The minimum absolute atomic E-state index is 0.520. The van der Waals surface area contributed by atoms with Crippen LogP contribution in [0.4, 0.5) is 0 Å². The Balaban J connectivity index is 1.90. The molecule has 1 N–H and O–H groups in total. The Kier molecular flexibility index (Phi) is 5.22. The van der Waals surface area contributed by atoms with Gasteiger partial charge in [0.1, 0.15) is 0 Å². The van der Waals surface area contributed by atoms with E-state index in [0.29, 0.717) is 12.1 Å². The largest absolute Gasteiger partial charge is 0.313 e. The first kappa shape index (κ1) is 14.0. The lowest BCUT2D eigenvalue weighted by Crippen LogP contribution is -2.33. The summed E-state index contributed by atoms with van der Waals surface area (Å²) in [5.74, 6) is 0. The zero-order chi connectivity index (χ0) is 13.0. The molecule has 1 heterocycles. The maximum absolute atomic E-state index is 3.63. The smallest absolute Gasteiger partial charge is 0.0320 e. The van der Waals surface area contributed by atoms with Crippen molar-refractivity contribution in [2.45, 2.75) is 38.8 Å². The molecule has 0 radical (unpaired) electrons. The summed E-state index contributed by atoms with van der Waals surface area (Å²) < 4.78 is 1.15. The van der Waals surface area contributed by atoms with Crippen LogP contribution in [0.25, 0.3) is 0 Å². The van der Waals surface area contributed by atoms with Crippen molar-refractivity contribution in [1.29, 1.82) is 0 Å². The lowest BCUT2D eigenvalue weighted by molar-refractivity contribution is 0.256. The molecule has 0 saturated carbocycles. The third kappa shape index (κ3) is 3.56. The lowest BCUT2D eigenvalue weighted by atomic mass is 10.1. The van der Waals surface area contributed by atoms with Gasteiger partial charge in [-0.1, -0.05) is 35.0 Å². The summed E-state index contributed by atoms with van der Waals surface area (Å²) in [5.41, 5.74) is 1.41. The Morgan fingerprint density at radius 3 is 2.78 bits per heavy atom. The normalized spacial score (nSPS) is 22.3. The van der Waals surface area contributed by atoms with Crippen molar-refractivity contribution >= 4 is 15.9 Å². The third-order valence-corrected chi connectivity index (χ3v) is 4.33. The second-order valence-electron chi connectivity index (χ2n) is 5.16. The molecule has 1 fully saturated rings. The summed E-state index contributed by atoms with van der Waals surface area (Å²) in [6.07, 6.45) is 2.50. The average molecular weight is 311 g/mol. The number of benzene rings is 1. The Morgan fingerprint density at radius 1 is 1.39 bits per heavy atom. The van der Waals surface area contributed by atoms with Crippen molar-refractivity contribution in [1.82, 2.24) is 10.2 Å².